The molecular weight excluding hydrogens is 236 g/mol. The molecule has 0 radical (unpaired) electrons. The minimum atomic E-state index is 0.734. The lowest BCUT2D eigenvalue weighted by Crippen LogP contribution is -2.18. The molecule has 0 fully saturated rings. The normalized spacial score (nSPS) is 14.4. The third-order valence-electron chi connectivity index (χ3n) is 2.62. The molecule has 86 valence electrons. The zero-order valence-electron chi connectivity index (χ0n) is 10.5. The highest BCUT2D eigenvalue weighted by Gasteiger charge is 2.20. The molecule has 0 aliphatic heterocycles. The van der Waals surface area contributed by atoms with E-state index in [-0.39, 0.29) is 0 Å². The zero-order chi connectivity index (χ0) is 11.1. The van der Waals surface area contributed by atoms with Crippen LogP contribution in [0.3, 0.4) is 0 Å². The fraction of sp³-hybridized carbons (Fsp3) is 1.00. The van der Waals surface area contributed by atoms with Crippen LogP contribution in [-0.4, -0.2) is 4.83 Å². The number of rotatable bonds is 7. The van der Waals surface area contributed by atoms with Crippen molar-refractivity contribution in [2.45, 2.75) is 65.1 Å². The summed E-state index contributed by atoms with van der Waals surface area (Å²) >= 11 is 3.86. The van der Waals surface area contributed by atoms with Gasteiger partial charge >= 0.3 is 0 Å². The predicted octanol–water partition coefficient (Wildman–Crippen LogP) is 5.26. The summed E-state index contributed by atoms with van der Waals surface area (Å²) in [6.07, 6.45) is 5.36. The number of halogens is 1. The smallest absolute Gasteiger partial charge is 0.0174 e. The van der Waals surface area contributed by atoms with Crippen LogP contribution in [0.1, 0.15) is 60.3 Å². The van der Waals surface area contributed by atoms with Crippen LogP contribution in [0.4, 0.5) is 0 Å². The van der Waals surface area contributed by atoms with Gasteiger partial charge in [-0.1, -0.05) is 57.0 Å². The lowest BCUT2D eigenvalue weighted by molar-refractivity contribution is 0.329. The van der Waals surface area contributed by atoms with E-state index in [4.69, 9.17) is 0 Å². The highest BCUT2D eigenvalue weighted by Crippen LogP contribution is 2.30. The summed E-state index contributed by atoms with van der Waals surface area (Å²) in [4.78, 5) is 0.734. The van der Waals surface area contributed by atoms with Crippen molar-refractivity contribution in [3.8, 4) is 0 Å². The van der Waals surface area contributed by atoms with Gasteiger partial charge in [-0.3, -0.25) is 0 Å². The standard InChI is InChI=1S/C13H27Br/c1-6-7-13(14)12(8-10(2)3)9-11(4)5/h10-13H,6-9H2,1-5H3. The molecule has 0 heterocycles. The van der Waals surface area contributed by atoms with Crippen LogP contribution >= 0.6 is 15.9 Å². The van der Waals surface area contributed by atoms with Gasteiger partial charge < -0.3 is 0 Å². The van der Waals surface area contributed by atoms with Gasteiger partial charge in [0, 0.05) is 4.83 Å². The van der Waals surface area contributed by atoms with Crippen molar-refractivity contribution in [2.75, 3.05) is 0 Å². The van der Waals surface area contributed by atoms with Crippen LogP contribution in [0.2, 0.25) is 0 Å². The van der Waals surface area contributed by atoms with Crippen molar-refractivity contribution < 1.29 is 0 Å². The van der Waals surface area contributed by atoms with E-state index in [0.717, 1.165) is 22.6 Å². The van der Waals surface area contributed by atoms with E-state index in [1.165, 1.54) is 25.7 Å². The van der Waals surface area contributed by atoms with E-state index >= 15 is 0 Å². The maximum absolute atomic E-state index is 3.86. The number of alkyl halides is 1. The van der Waals surface area contributed by atoms with Gasteiger partial charge in [0.25, 0.3) is 0 Å². The van der Waals surface area contributed by atoms with Crippen molar-refractivity contribution >= 4 is 15.9 Å². The van der Waals surface area contributed by atoms with Gasteiger partial charge in [-0.05, 0) is 37.0 Å². The maximum atomic E-state index is 3.86. The van der Waals surface area contributed by atoms with Gasteiger partial charge in [-0.15, -0.1) is 0 Å². The van der Waals surface area contributed by atoms with E-state index in [0.29, 0.717) is 0 Å². The maximum Gasteiger partial charge on any atom is 0.0174 e. The van der Waals surface area contributed by atoms with Gasteiger partial charge in [0.15, 0.2) is 0 Å². The van der Waals surface area contributed by atoms with E-state index in [2.05, 4.69) is 50.5 Å². The molecule has 1 heteroatoms. The summed E-state index contributed by atoms with van der Waals surface area (Å²) in [5.41, 5.74) is 0. The molecule has 0 saturated carbocycles. The van der Waals surface area contributed by atoms with Crippen LogP contribution < -0.4 is 0 Å². The number of hydrogen-bond acceptors (Lipinski definition) is 0. The van der Waals surface area contributed by atoms with Crippen LogP contribution in [0.25, 0.3) is 0 Å². The lowest BCUT2D eigenvalue weighted by Gasteiger charge is -2.25. The second kappa shape index (κ2) is 7.73. The average molecular weight is 263 g/mol. The Morgan fingerprint density at radius 1 is 0.929 bits per heavy atom. The summed E-state index contributed by atoms with van der Waals surface area (Å²) in [5.74, 6) is 2.53. The van der Waals surface area contributed by atoms with Crippen molar-refractivity contribution in [3.05, 3.63) is 0 Å². The molecule has 0 aliphatic carbocycles. The van der Waals surface area contributed by atoms with Crippen molar-refractivity contribution in [2.24, 2.45) is 17.8 Å². The summed E-state index contributed by atoms with van der Waals surface area (Å²) in [6, 6.07) is 0. The first-order valence-electron chi connectivity index (χ1n) is 6.11. The molecule has 14 heavy (non-hydrogen) atoms. The SMILES string of the molecule is CCCC(Br)C(CC(C)C)CC(C)C. The van der Waals surface area contributed by atoms with Gasteiger partial charge in [0.2, 0.25) is 0 Å². The molecule has 0 spiro atoms. The second-order valence-corrected chi connectivity index (χ2v) is 6.50. The monoisotopic (exact) mass is 262 g/mol. The Morgan fingerprint density at radius 3 is 1.64 bits per heavy atom. The first-order valence-corrected chi connectivity index (χ1v) is 7.02. The van der Waals surface area contributed by atoms with E-state index in [9.17, 15) is 0 Å². The van der Waals surface area contributed by atoms with E-state index in [1.807, 2.05) is 0 Å². The topological polar surface area (TPSA) is 0 Å². The largest absolute Gasteiger partial charge is 0.0888 e. The molecule has 0 aromatic heterocycles. The second-order valence-electron chi connectivity index (χ2n) is 5.32. The Bertz CT molecular complexity index is 119. The Kier molecular flexibility index (Phi) is 8.00. The van der Waals surface area contributed by atoms with Gasteiger partial charge in [-0.2, -0.15) is 0 Å². The third-order valence-corrected chi connectivity index (χ3v) is 3.83. The third kappa shape index (κ3) is 6.86. The fourth-order valence-corrected chi connectivity index (χ4v) is 3.00. The summed E-state index contributed by atoms with van der Waals surface area (Å²) < 4.78 is 0. The molecule has 0 aromatic rings. The first-order chi connectivity index (χ1) is 6.47. The van der Waals surface area contributed by atoms with Crippen molar-refractivity contribution in [3.63, 3.8) is 0 Å². The predicted molar refractivity (Wildman–Crippen MR) is 70.0 cm³/mol. The van der Waals surface area contributed by atoms with Crippen LogP contribution in [0, 0.1) is 17.8 Å². The minimum absolute atomic E-state index is 0.734. The zero-order valence-corrected chi connectivity index (χ0v) is 12.1. The highest BCUT2D eigenvalue weighted by atomic mass is 79.9. The molecule has 0 saturated heterocycles. The van der Waals surface area contributed by atoms with Gasteiger partial charge in [0.05, 0.1) is 0 Å². The summed E-state index contributed by atoms with van der Waals surface area (Å²) in [5, 5.41) is 0. The Balaban J connectivity index is 4.08. The van der Waals surface area contributed by atoms with Crippen LogP contribution in [0.15, 0.2) is 0 Å². The Hall–Kier alpha value is 0.480. The minimum Gasteiger partial charge on any atom is -0.0888 e. The molecule has 0 aliphatic rings. The van der Waals surface area contributed by atoms with Crippen molar-refractivity contribution in [1.29, 1.82) is 0 Å². The average Bonchev–Trinajstić information content (AvgIpc) is 2.01. The molecular formula is C13H27Br. The fourth-order valence-electron chi connectivity index (χ4n) is 2.11. The van der Waals surface area contributed by atoms with Crippen LogP contribution in [0.5, 0.6) is 0 Å². The summed E-state index contributed by atoms with van der Waals surface area (Å²) in [7, 11) is 0. The highest BCUT2D eigenvalue weighted by molar-refractivity contribution is 9.09. The molecule has 0 nitrogen and oxygen atoms in total. The first kappa shape index (κ1) is 14.5. The quantitative estimate of drug-likeness (QED) is 0.550. The molecule has 1 atom stereocenters. The van der Waals surface area contributed by atoms with E-state index in [1.54, 1.807) is 0 Å². The Labute approximate surface area is 99.0 Å². The molecule has 0 bridgehead atoms. The van der Waals surface area contributed by atoms with Gasteiger partial charge in [0.1, 0.15) is 0 Å². The summed E-state index contributed by atoms with van der Waals surface area (Å²) in [6.45, 7) is 11.6. The number of hydrogen-bond donors (Lipinski definition) is 0. The Morgan fingerprint density at radius 2 is 1.36 bits per heavy atom. The molecule has 0 N–H and O–H groups in total. The van der Waals surface area contributed by atoms with Crippen molar-refractivity contribution in [1.82, 2.24) is 0 Å². The van der Waals surface area contributed by atoms with Crippen LogP contribution in [-0.2, 0) is 0 Å². The van der Waals surface area contributed by atoms with E-state index < -0.39 is 0 Å². The molecule has 0 rings (SSSR count). The lowest BCUT2D eigenvalue weighted by atomic mass is 9.86. The molecule has 1 unspecified atom stereocenters. The van der Waals surface area contributed by atoms with Gasteiger partial charge in [-0.25, -0.2) is 0 Å². The molecule has 0 amide bonds. The molecule has 0 aromatic carbocycles.